The Morgan fingerprint density at radius 1 is 0.432 bits per heavy atom. The summed E-state index contributed by atoms with van der Waals surface area (Å²) in [6.45, 7) is 8.10. The minimum Gasteiger partial charge on any atom is -0.459 e. The van der Waals surface area contributed by atoms with Crippen LogP contribution in [0.25, 0.3) is 0 Å². The molecule has 0 fully saturated rings. The number of allylic oxidation sites excluding steroid dienone is 8. The van der Waals surface area contributed by atoms with Crippen LogP contribution in [0.3, 0.4) is 0 Å². The van der Waals surface area contributed by atoms with Crippen molar-refractivity contribution in [2.75, 3.05) is 0 Å². The summed E-state index contributed by atoms with van der Waals surface area (Å²) in [4.78, 5) is 24.4. The molecule has 0 bridgehead atoms. The Morgan fingerprint density at radius 3 is 1.07 bits per heavy atom. The largest absolute Gasteiger partial charge is 0.459 e. The Morgan fingerprint density at radius 2 is 0.727 bits per heavy atom. The van der Waals surface area contributed by atoms with Crippen molar-refractivity contribution in [3.63, 3.8) is 0 Å². The van der Waals surface area contributed by atoms with Gasteiger partial charge in [-0.2, -0.15) is 0 Å². The maximum absolute atomic E-state index is 12.2. The molecule has 0 aliphatic rings. The van der Waals surface area contributed by atoms with E-state index < -0.39 is 12.2 Å². The van der Waals surface area contributed by atoms with Gasteiger partial charge in [0, 0.05) is 12.8 Å². The molecule has 0 heterocycles. The molecule has 0 N–H and O–H groups in total. The zero-order valence-corrected chi connectivity index (χ0v) is 29.4. The van der Waals surface area contributed by atoms with Crippen molar-refractivity contribution in [2.45, 2.75) is 194 Å². The molecule has 0 saturated carbocycles. The molecule has 4 nitrogen and oxygen atoms in total. The molecule has 4 heteroatoms. The van der Waals surface area contributed by atoms with Crippen LogP contribution in [0.4, 0.5) is 0 Å². The van der Waals surface area contributed by atoms with E-state index in [4.69, 9.17) is 9.47 Å². The van der Waals surface area contributed by atoms with Crippen LogP contribution < -0.4 is 0 Å². The molecule has 0 aromatic rings. The molecule has 0 aliphatic carbocycles. The summed E-state index contributed by atoms with van der Waals surface area (Å²) >= 11 is 0. The monoisotopic (exact) mass is 615 g/mol. The van der Waals surface area contributed by atoms with Gasteiger partial charge in [-0.3, -0.25) is 9.59 Å². The van der Waals surface area contributed by atoms with Crippen molar-refractivity contribution in [1.29, 1.82) is 0 Å². The average molecular weight is 615 g/mol. The lowest BCUT2D eigenvalue weighted by Gasteiger charge is -2.21. The summed E-state index contributed by atoms with van der Waals surface area (Å²) in [5.74, 6) is -0.389. The van der Waals surface area contributed by atoms with Crippen LogP contribution in [0.2, 0.25) is 0 Å². The van der Waals surface area contributed by atoms with Gasteiger partial charge < -0.3 is 9.47 Å². The summed E-state index contributed by atoms with van der Waals surface area (Å²) in [6.07, 6.45) is 43.8. The molecule has 0 aliphatic heterocycles. The lowest BCUT2D eigenvalue weighted by molar-refractivity contribution is -0.165. The lowest BCUT2D eigenvalue weighted by Crippen LogP contribution is -2.30. The predicted octanol–water partition coefficient (Wildman–Crippen LogP) is 12.5. The SMILES string of the molecule is CCCCC/C=C/C/C=C/CCCCCCCC(=O)OC(C)C(C)OC(=O)CCCCCCC/C=C/C/C=C/CCCCC. The zero-order chi connectivity index (χ0) is 32.4. The van der Waals surface area contributed by atoms with Gasteiger partial charge in [0.1, 0.15) is 12.2 Å². The highest BCUT2D eigenvalue weighted by molar-refractivity contribution is 5.70. The topological polar surface area (TPSA) is 52.6 Å². The van der Waals surface area contributed by atoms with Gasteiger partial charge in [0.15, 0.2) is 0 Å². The molecular formula is C40H70O4. The second-order valence-corrected chi connectivity index (χ2v) is 12.4. The highest BCUT2D eigenvalue weighted by Gasteiger charge is 2.20. The minimum atomic E-state index is -0.422. The van der Waals surface area contributed by atoms with E-state index in [0.29, 0.717) is 12.8 Å². The molecule has 0 aromatic carbocycles. The number of esters is 2. The van der Waals surface area contributed by atoms with Crippen LogP contribution in [0.1, 0.15) is 182 Å². The molecule has 0 spiro atoms. The molecule has 2 unspecified atom stereocenters. The highest BCUT2D eigenvalue weighted by atomic mass is 16.6. The molecular weight excluding hydrogens is 544 g/mol. The van der Waals surface area contributed by atoms with E-state index in [0.717, 1.165) is 64.2 Å². The predicted molar refractivity (Wildman–Crippen MR) is 190 cm³/mol. The van der Waals surface area contributed by atoms with Gasteiger partial charge >= 0.3 is 11.9 Å². The van der Waals surface area contributed by atoms with E-state index in [1.807, 2.05) is 13.8 Å². The number of ether oxygens (including phenoxy) is 2. The fourth-order valence-corrected chi connectivity index (χ4v) is 4.89. The first-order valence-electron chi connectivity index (χ1n) is 18.5. The Hall–Kier alpha value is -2.10. The van der Waals surface area contributed by atoms with E-state index in [1.165, 1.54) is 77.0 Å². The van der Waals surface area contributed by atoms with Gasteiger partial charge in [0.05, 0.1) is 0 Å². The van der Waals surface area contributed by atoms with E-state index >= 15 is 0 Å². The zero-order valence-electron chi connectivity index (χ0n) is 29.4. The first kappa shape index (κ1) is 41.9. The van der Waals surface area contributed by atoms with Crippen LogP contribution in [0, 0.1) is 0 Å². The lowest BCUT2D eigenvalue weighted by atomic mass is 10.1. The quantitative estimate of drug-likeness (QED) is 0.0443. The smallest absolute Gasteiger partial charge is 0.306 e. The molecule has 0 aromatic heterocycles. The number of carbonyl (C=O) groups is 2. The van der Waals surface area contributed by atoms with Crippen molar-refractivity contribution < 1.29 is 19.1 Å². The molecule has 0 radical (unpaired) electrons. The number of carbonyl (C=O) groups excluding carboxylic acids is 2. The van der Waals surface area contributed by atoms with Gasteiger partial charge in [-0.15, -0.1) is 0 Å². The number of hydrogen-bond donors (Lipinski definition) is 0. The Labute approximate surface area is 273 Å². The van der Waals surface area contributed by atoms with Crippen LogP contribution in [0.15, 0.2) is 48.6 Å². The number of rotatable bonds is 31. The van der Waals surface area contributed by atoms with E-state index in [1.54, 1.807) is 0 Å². The molecule has 0 rings (SSSR count). The van der Waals surface area contributed by atoms with Gasteiger partial charge in [-0.05, 0) is 90.9 Å². The molecule has 0 amide bonds. The van der Waals surface area contributed by atoms with Crippen LogP contribution in [-0.4, -0.2) is 24.1 Å². The molecule has 2 atom stereocenters. The third-order valence-electron chi connectivity index (χ3n) is 7.96. The van der Waals surface area contributed by atoms with Crippen molar-refractivity contribution in [3.8, 4) is 0 Å². The highest BCUT2D eigenvalue weighted by Crippen LogP contribution is 2.13. The second kappa shape index (κ2) is 33.8. The summed E-state index contributed by atoms with van der Waals surface area (Å²) in [5.41, 5.74) is 0. The average Bonchev–Trinajstić information content (AvgIpc) is 3.00. The van der Waals surface area contributed by atoms with E-state index in [2.05, 4.69) is 62.5 Å². The maximum Gasteiger partial charge on any atom is 0.306 e. The van der Waals surface area contributed by atoms with Crippen LogP contribution in [0.5, 0.6) is 0 Å². The third-order valence-corrected chi connectivity index (χ3v) is 7.96. The number of unbranched alkanes of at least 4 members (excludes halogenated alkanes) is 16. The fraction of sp³-hybridized carbons (Fsp3) is 0.750. The van der Waals surface area contributed by atoms with E-state index in [-0.39, 0.29) is 11.9 Å². The summed E-state index contributed by atoms with van der Waals surface area (Å²) in [7, 11) is 0. The van der Waals surface area contributed by atoms with Crippen LogP contribution in [-0.2, 0) is 19.1 Å². The van der Waals surface area contributed by atoms with Crippen molar-refractivity contribution in [2.24, 2.45) is 0 Å². The third kappa shape index (κ3) is 31.3. The van der Waals surface area contributed by atoms with Gasteiger partial charge in [-0.1, -0.05) is 127 Å². The second-order valence-electron chi connectivity index (χ2n) is 12.4. The standard InChI is InChI=1S/C40H70O4/c1-5-7-9-11-13-15-17-19-21-23-25-27-29-31-33-35-39(41)43-37(3)38(4)44-40(42)36-34-32-30-28-26-24-22-20-18-16-14-12-10-8-6-2/h13-16,19-22,37-38H,5-12,17-18,23-36H2,1-4H3/b15-13+,16-14+,21-19+,22-20+. The fourth-order valence-electron chi connectivity index (χ4n) is 4.89. The number of hydrogen-bond acceptors (Lipinski definition) is 4. The first-order valence-corrected chi connectivity index (χ1v) is 18.5. The first-order chi connectivity index (χ1) is 21.5. The maximum atomic E-state index is 12.2. The molecule has 254 valence electrons. The van der Waals surface area contributed by atoms with Gasteiger partial charge in [0.25, 0.3) is 0 Å². The van der Waals surface area contributed by atoms with Crippen molar-refractivity contribution in [1.82, 2.24) is 0 Å². The van der Waals surface area contributed by atoms with Crippen molar-refractivity contribution in [3.05, 3.63) is 48.6 Å². The van der Waals surface area contributed by atoms with Crippen LogP contribution >= 0.6 is 0 Å². The Bertz CT molecular complexity index is 699. The normalized spacial score (nSPS) is 13.5. The Balaban J connectivity index is 3.65. The molecule has 44 heavy (non-hydrogen) atoms. The van der Waals surface area contributed by atoms with E-state index in [9.17, 15) is 9.59 Å². The van der Waals surface area contributed by atoms with Gasteiger partial charge in [-0.25, -0.2) is 0 Å². The summed E-state index contributed by atoms with van der Waals surface area (Å²) < 4.78 is 11.0. The van der Waals surface area contributed by atoms with Crippen molar-refractivity contribution >= 4 is 11.9 Å². The van der Waals surface area contributed by atoms with Gasteiger partial charge in [0.2, 0.25) is 0 Å². The summed E-state index contributed by atoms with van der Waals surface area (Å²) in [5, 5.41) is 0. The molecule has 0 saturated heterocycles. The Kier molecular flexibility index (Phi) is 32.2. The minimum absolute atomic E-state index is 0.195. The summed E-state index contributed by atoms with van der Waals surface area (Å²) in [6, 6.07) is 0.